The van der Waals surface area contributed by atoms with Crippen LogP contribution < -0.4 is 4.74 Å². The van der Waals surface area contributed by atoms with Crippen molar-refractivity contribution in [2.24, 2.45) is 0 Å². The van der Waals surface area contributed by atoms with Crippen LogP contribution in [0.1, 0.15) is 0 Å². The van der Waals surface area contributed by atoms with Crippen molar-refractivity contribution in [3.8, 4) is 23.0 Å². The first-order chi connectivity index (χ1) is 13.7. The van der Waals surface area contributed by atoms with Crippen LogP contribution in [0, 0.1) is 11.6 Å². The highest BCUT2D eigenvalue weighted by molar-refractivity contribution is 7.90. The molecule has 148 valence electrons. The molecule has 0 unspecified atom stereocenters. The van der Waals surface area contributed by atoms with E-state index in [1.54, 1.807) is 6.07 Å². The third-order valence-corrected chi connectivity index (χ3v) is 5.45. The van der Waals surface area contributed by atoms with E-state index in [0.717, 1.165) is 18.4 Å². The van der Waals surface area contributed by atoms with E-state index in [1.807, 2.05) is 0 Å². The van der Waals surface area contributed by atoms with E-state index in [1.165, 1.54) is 18.3 Å². The number of hydrogen-bond acceptors (Lipinski definition) is 6. The molecule has 0 saturated heterocycles. The lowest BCUT2D eigenvalue weighted by atomic mass is 10.1. The van der Waals surface area contributed by atoms with Crippen molar-refractivity contribution in [1.29, 1.82) is 0 Å². The van der Waals surface area contributed by atoms with Crippen molar-refractivity contribution >= 4 is 32.5 Å². The Bertz CT molecular complexity index is 1360. The van der Waals surface area contributed by atoms with Crippen LogP contribution in [-0.2, 0) is 9.84 Å². The van der Waals surface area contributed by atoms with Crippen LogP contribution in [0.15, 0.2) is 47.5 Å². The van der Waals surface area contributed by atoms with Gasteiger partial charge in [-0.2, -0.15) is 10.1 Å². The number of aromatic nitrogens is 4. The summed E-state index contributed by atoms with van der Waals surface area (Å²) in [5.74, 6) is -1.86. The number of rotatable bonds is 4. The Hall–Kier alpha value is -3.11. The van der Waals surface area contributed by atoms with Gasteiger partial charge in [0.25, 0.3) is 0 Å². The van der Waals surface area contributed by atoms with Crippen LogP contribution in [0.5, 0.6) is 11.8 Å². The van der Waals surface area contributed by atoms with E-state index in [2.05, 4.69) is 20.2 Å². The second-order valence-corrected chi connectivity index (χ2v) is 8.50. The highest BCUT2D eigenvalue weighted by Crippen LogP contribution is 2.33. The molecule has 4 aromatic rings. The fourth-order valence-corrected chi connectivity index (χ4v) is 3.61. The van der Waals surface area contributed by atoms with Gasteiger partial charge in [0.2, 0.25) is 0 Å². The average Bonchev–Trinajstić information content (AvgIpc) is 3.06. The Morgan fingerprint density at radius 1 is 1.14 bits per heavy atom. The molecular weight excluding hydrogens is 426 g/mol. The fourth-order valence-electron chi connectivity index (χ4n) is 2.63. The third-order valence-electron chi connectivity index (χ3n) is 4.02. The topological polar surface area (TPSA) is 97.8 Å². The molecule has 0 saturated carbocycles. The van der Waals surface area contributed by atoms with Crippen molar-refractivity contribution in [2.45, 2.75) is 4.90 Å². The van der Waals surface area contributed by atoms with Crippen molar-refractivity contribution in [1.82, 2.24) is 20.2 Å². The summed E-state index contributed by atoms with van der Waals surface area (Å²) in [6, 6.07) is 6.99. The first-order valence-corrected chi connectivity index (χ1v) is 10.3. The molecule has 0 aliphatic carbocycles. The molecule has 0 atom stereocenters. The van der Waals surface area contributed by atoms with Gasteiger partial charge in [-0.15, -0.1) is 0 Å². The van der Waals surface area contributed by atoms with Crippen molar-refractivity contribution < 1.29 is 21.9 Å². The largest absolute Gasteiger partial charge is 0.421 e. The van der Waals surface area contributed by atoms with E-state index in [0.29, 0.717) is 22.7 Å². The number of fused-ring (bicyclic) bond motifs is 1. The second-order valence-electron chi connectivity index (χ2n) is 6.08. The molecule has 2 heterocycles. The van der Waals surface area contributed by atoms with Gasteiger partial charge < -0.3 is 4.74 Å². The molecule has 0 bridgehead atoms. The Kier molecular flexibility index (Phi) is 4.67. The summed E-state index contributed by atoms with van der Waals surface area (Å²) in [5, 5.41) is 7.53. The number of hydrogen-bond donors (Lipinski definition) is 1. The number of aromatic amines is 1. The van der Waals surface area contributed by atoms with Gasteiger partial charge in [-0.3, -0.25) is 5.10 Å². The normalized spacial score (nSPS) is 11.7. The summed E-state index contributed by atoms with van der Waals surface area (Å²) >= 11 is 6.25. The Morgan fingerprint density at radius 3 is 2.62 bits per heavy atom. The minimum Gasteiger partial charge on any atom is -0.421 e. The van der Waals surface area contributed by atoms with Crippen LogP contribution in [0.4, 0.5) is 8.78 Å². The van der Waals surface area contributed by atoms with Gasteiger partial charge in [0.15, 0.2) is 27.1 Å². The molecule has 0 aliphatic rings. The maximum atomic E-state index is 13.7. The maximum absolute atomic E-state index is 13.7. The molecule has 11 heteroatoms. The first kappa shape index (κ1) is 19.2. The Labute approximate surface area is 168 Å². The molecule has 0 fully saturated rings. The number of benzene rings is 2. The zero-order valence-electron chi connectivity index (χ0n) is 14.6. The zero-order valence-corrected chi connectivity index (χ0v) is 16.2. The second kappa shape index (κ2) is 7.05. The maximum Gasteiger partial charge on any atom is 0.324 e. The van der Waals surface area contributed by atoms with Gasteiger partial charge in [-0.05, 0) is 24.3 Å². The van der Waals surface area contributed by atoms with E-state index < -0.39 is 21.5 Å². The molecule has 0 aliphatic heterocycles. The third kappa shape index (κ3) is 3.76. The highest BCUT2D eigenvalue weighted by atomic mass is 35.5. The molecule has 2 aromatic carbocycles. The number of nitrogens with one attached hydrogen (secondary N) is 1. The lowest BCUT2D eigenvalue weighted by Crippen LogP contribution is -1.97. The lowest BCUT2D eigenvalue weighted by molar-refractivity contribution is 0.409. The predicted octanol–water partition coefficient (Wildman–Crippen LogP) is 4.15. The average molecular weight is 437 g/mol. The molecule has 7 nitrogen and oxygen atoms in total. The number of halogens is 3. The SMILES string of the molecule is CS(=O)(=O)c1ccc(-c2[nH]nc3nc(Oc4ccc(F)cc4F)ncc23)c(Cl)c1. The van der Waals surface area contributed by atoms with Crippen molar-refractivity contribution in [3.63, 3.8) is 0 Å². The summed E-state index contributed by atoms with van der Waals surface area (Å²) in [5.41, 5.74) is 1.20. The predicted molar refractivity (Wildman–Crippen MR) is 102 cm³/mol. The Morgan fingerprint density at radius 2 is 1.93 bits per heavy atom. The number of nitrogens with zero attached hydrogens (tertiary/aromatic N) is 3. The minimum absolute atomic E-state index is 0.0864. The van der Waals surface area contributed by atoms with Crippen LogP contribution in [0.25, 0.3) is 22.3 Å². The van der Waals surface area contributed by atoms with Gasteiger partial charge in [-0.1, -0.05) is 17.7 Å². The molecule has 29 heavy (non-hydrogen) atoms. The summed E-state index contributed by atoms with van der Waals surface area (Å²) in [4.78, 5) is 8.20. The summed E-state index contributed by atoms with van der Waals surface area (Å²) in [6.07, 6.45) is 2.49. The summed E-state index contributed by atoms with van der Waals surface area (Å²) in [6.45, 7) is 0. The van der Waals surface area contributed by atoms with Gasteiger partial charge in [-0.25, -0.2) is 22.2 Å². The van der Waals surface area contributed by atoms with Gasteiger partial charge in [0.1, 0.15) is 5.82 Å². The number of sulfone groups is 1. The zero-order chi connectivity index (χ0) is 20.8. The number of H-pyrrole nitrogens is 1. The molecule has 1 N–H and O–H groups in total. The van der Waals surface area contributed by atoms with Crippen molar-refractivity contribution in [3.05, 3.63) is 59.3 Å². The lowest BCUT2D eigenvalue weighted by Gasteiger charge is -2.06. The molecule has 0 radical (unpaired) electrons. The summed E-state index contributed by atoms with van der Waals surface area (Å²) < 4.78 is 55.3. The first-order valence-electron chi connectivity index (χ1n) is 8.06. The van der Waals surface area contributed by atoms with E-state index in [4.69, 9.17) is 16.3 Å². The molecule has 2 aromatic heterocycles. The van der Waals surface area contributed by atoms with Gasteiger partial charge in [0.05, 0.1) is 21.0 Å². The highest BCUT2D eigenvalue weighted by Gasteiger charge is 2.17. The Balaban J connectivity index is 1.70. The van der Waals surface area contributed by atoms with E-state index in [9.17, 15) is 17.2 Å². The van der Waals surface area contributed by atoms with E-state index >= 15 is 0 Å². The van der Waals surface area contributed by atoms with Crippen LogP contribution >= 0.6 is 11.6 Å². The molecule has 4 rings (SSSR count). The molecular formula is C18H11ClF2N4O3S. The quantitative estimate of drug-likeness (QED) is 0.516. The monoisotopic (exact) mass is 436 g/mol. The van der Waals surface area contributed by atoms with Crippen LogP contribution in [-0.4, -0.2) is 34.8 Å². The molecule has 0 spiro atoms. The van der Waals surface area contributed by atoms with Gasteiger partial charge in [0, 0.05) is 24.1 Å². The van der Waals surface area contributed by atoms with Gasteiger partial charge >= 0.3 is 6.01 Å². The fraction of sp³-hybridized carbons (Fsp3) is 0.0556. The van der Waals surface area contributed by atoms with E-state index in [-0.39, 0.29) is 27.3 Å². The van der Waals surface area contributed by atoms with Crippen molar-refractivity contribution in [2.75, 3.05) is 6.26 Å². The minimum atomic E-state index is -3.40. The van der Waals surface area contributed by atoms with Crippen LogP contribution in [0.2, 0.25) is 5.02 Å². The summed E-state index contributed by atoms with van der Waals surface area (Å²) in [7, 11) is -3.40. The smallest absolute Gasteiger partial charge is 0.324 e. The molecule has 0 amide bonds. The number of ether oxygens (including phenoxy) is 1. The van der Waals surface area contributed by atoms with Crippen LogP contribution in [0.3, 0.4) is 0 Å². The standard InChI is InChI=1S/C18H11ClF2N4O3S/c1-29(26,27)10-3-4-11(13(19)7-10)16-12-8-22-18(23-17(12)25-24-16)28-15-5-2-9(20)6-14(15)21/h2-8H,1H3,(H,22,23,24,25).